The number of hydrogen-bond donors (Lipinski definition) is 1. The number of alkyl halides is 3. The van der Waals surface area contributed by atoms with Gasteiger partial charge in [-0.25, -0.2) is 4.79 Å². The van der Waals surface area contributed by atoms with Crippen LogP contribution < -0.4 is 10.2 Å². The Bertz CT molecular complexity index is 635. The molecule has 5 nitrogen and oxygen atoms in total. The summed E-state index contributed by atoms with van der Waals surface area (Å²) in [5.74, 6) is 0. The lowest BCUT2D eigenvalue weighted by atomic mass is 10.2. The van der Waals surface area contributed by atoms with Gasteiger partial charge in [-0.3, -0.25) is 4.90 Å². The van der Waals surface area contributed by atoms with E-state index in [1.165, 1.54) is 4.90 Å². The Morgan fingerprint density at radius 3 is 2.50 bits per heavy atom. The molecule has 1 aromatic rings. The molecule has 0 radical (unpaired) electrons. The van der Waals surface area contributed by atoms with Crippen LogP contribution in [0.3, 0.4) is 0 Å². The summed E-state index contributed by atoms with van der Waals surface area (Å²) in [5, 5.41) is 3.55. The molecule has 0 aromatic heterocycles. The van der Waals surface area contributed by atoms with E-state index in [2.05, 4.69) is 10.2 Å². The van der Waals surface area contributed by atoms with E-state index >= 15 is 0 Å². The fraction of sp³-hybridized carbons (Fsp3) is 0.588. The molecular formula is C17H22ClF3N4O. The molecule has 2 heterocycles. The fourth-order valence-electron chi connectivity index (χ4n) is 3.47. The lowest BCUT2D eigenvalue weighted by Crippen LogP contribution is -2.54. The molecule has 2 fully saturated rings. The summed E-state index contributed by atoms with van der Waals surface area (Å²) in [6, 6.07) is 7.15. The lowest BCUT2D eigenvalue weighted by molar-refractivity contribution is -0.143. The molecule has 1 aromatic carbocycles. The monoisotopic (exact) mass is 390 g/mol. The number of carbonyl (C=O) groups is 1. The van der Waals surface area contributed by atoms with E-state index in [0.29, 0.717) is 44.2 Å². The molecular weight excluding hydrogens is 369 g/mol. The SMILES string of the molecule is O=C(NC1CCN(CC(F)(F)F)C1)N1CCN(c2ccccc2Cl)CC1. The van der Waals surface area contributed by atoms with Crippen LogP contribution in [0, 0.1) is 0 Å². The van der Waals surface area contributed by atoms with Gasteiger partial charge in [-0.2, -0.15) is 13.2 Å². The predicted octanol–water partition coefficient (Wildman–Crippen LogP) is 2.81. The maximum absolute atomic E-state index is 12.4. The van der Waals surface area contributed by atoms with Gasteiger partial charge in [-0.15, -0.1) is 0 Å². The van der Waals surface area contributed by atoms with Gasteiger partial charge in [0.25, 0.3) is 0 Å². The van der Waals surface area contributed by atoms with Crippen LogP contribution >= 0.6 is 11.6 Å². The Kier molecular flexibility index (Phi) is 5.82. The Hall–Kier alpha value is -1.67. The van der Waals surface area contributed by atoms with E-state index in [1.807, 2.05) is 24.3 Å². The van der Waals surface area contributed by atoms with Gasteiger partial charge in [-0.1, -0.05) is 23.7 Å². The molecule has 2 aliphatic rings. The first-order chi connectivity index (χ1) is 12.3. The largest absolute Gasteiger partial charge is 0.401 e. The summed E-state index contributed by atoms with van der Waals surface area (Å²) in [6.45, 7) is 2.11. The zero-order valence-electron chi connectivity index (χ0n) is 14.3. The highest BCUT2D eigenvalue weighted by molar-refractivity contribution is 6.33. The molecule has 2 amide bonds. The fourth-order valence-corrected chi connectivity index (χ4v) is 3.73. The number of anilines is 1. The quantitative estimate of drug-likeness (QED) is 0.862. The highest BCUT2D eigenvalue weighted by Crippen LogP contribution is 2.26. The van der Waals surface area contributed by atoms with Crippen molar-refractivity contribution >= 4 is 23.3 Å². The molecule has 3 rings (SSSR count). The molecule has 1 unspecified atom stereocenters. The number of likely N-dealkylation sites (tertiary alicyclic amines) is 1. The normalized spacial score (nSPS) is 21.9. The zero-order chi connectivity index (χ0) is 18.7. The predicted molar refractivity (Wildman–Crippen MR) is 94.7 cm³/mol. The number of urea groups is 1. The third-order valence-electron chi connectivity index (χ3n) is 4.76. The molecule has 1 atom stereocenters. The highest BCUT2D eigenvalue weighted by atomic mass is 35.5. The van der Waals surface area contributed by atoms with Gasteiger partial charge in [0, 0.05) is 45.3 Å². The minimum Gasteiger partial charge on any atom is -0.367 e. The van der Waals surface area contributed by atoms with Crippen molar-refractivity contribution in [3.63, 3.8) is 0 Å². The first kappa shape index (κ1) is 19.1. The van der Waals surface area contributed by atoms with Crippen molar-refractivity contribution in [1.29, 1.82) is 0 Å². The van der Waals surface area contributed by atoms with Gasteiger partial charge >= 0.3 is 12.2 Å². The second kappa shape index (κ2) is 7.92. The number of rotatable bonds is 3. The van der Waals surface area contributed by atoms with Crippen LogP contribution in [-0.2, 0) is 0 Å². The number of benzene rings is 1. The number of amides is 2. The number of nitrogens with one attached hydrogen (secondary N) is 1. The lowest BCUT2D eigenvalue weighted by Gasteiger charge is -2.36. The van der Waals surface area contributed by atoms with E-state index in [9.17, 15) is 18.0 Å². The summed E-state index contributed by atoms with van der Waals surface area (Å²) < 4.78 is 37.3. The number of hydrogen-bond acceptors (Lipinski definition) is 3. The molecule has 9 heteroatoms. The molecule has 0 spiro atoms. The van der Waals surface area contributed by atoms with Gasteiger partial charge in [-0.05, 0) is 18.6 Å². The third-order valence-corrected chi connectivity index (χ3v) is 5.08. The first-order valence-electron chi connectivity index (χ1n) is 8.66. The van der Waals surface area contributed by atoms with Crippen molar-refractivity contribution in [3.05, 3.63) is 29.3 Å². The Morgan fingerprint density at radius 1 is 1.15 bits per heavy atom. The van der Waals surface area contributed by atoms with Crippen molar-refractivity contribution in [3.8, 4) is 0 Å². The number of piperazine rings is 1. The van der Waals surface area contributed by atoms with Crippen molar-refractivity contribution in [2.24, 2.45) is 0 Å². The molecule has 0 aliphatic carbocycles. The van der Waals surface area contributed by atoms with Gasteiger partial charge < -0.3 is 15.1 Å². The summed E-state index contributed by atoms with van der Waals surface area (Å²) in [7, 11) is 0. The van der Waals surface area contributed by atoms with Crippen LogP contribution in [0.5, 0.6) is 0 Å². The molecule has 26 heavy (non-hydrogen) atoms. The van der Waals surface area contributed by atoms with E-state index < -0.39 is 12.7 Å². The van der Waals surface area contributed by atoms with Crippen LogP contribution in [0.4, 0.5) is 23.7 Å². The van der Waals surface area contributed by atoms with Crippen LogP contribution in [0.15, 0.2) is 24.3 Å². The average Bonchev–Trinajstić information content (AvgIpc) is 3.00. The van der Waals surface area contributed by atoms with Crippen LogP contribution in [0.25, 0.3) is 0 Å². The van der Waals surface area contributed by atoms with E-state index in [1.54, 1.807) is 4.90 Å². The van der Waals surface area contributed by atoms with E-state index in [-0.39, 0.29) is 18.6 Å². The van der Waals surface area contributed by atoms with Crippen molar-refractivity contribution < 1.29 is 18.0 Å². The summed E-state index contributed by atoms with van der Waals surface area (Å²) in [5.41, 5.74) is 0.952. The number of carbonyl (C=O) groups excluding carboxylic acids is 1. The molecule has 0 saturated carbocycles. The smallest absolute Gasteiger partial charge is 0.367 e. The minimum atomic E-state index is -4.20. The topological polar surface area (TPSA) is 38.8 Å². The first-order valence-corrected chi connectivity index (χ1v) is 9.03. The average molecular weight is 391 g/mol. The molecule has 2 aliphatic heterocycles. The van der Waals surface area contributed by atoms with Crippen molar-refractivity contribution in [2.75, 3.05) is 50.7 Å². The molecule has 144 valence electrons. The number of nitrogens with zero attached hydrogens (tertiary/aromatic N) is 3. The summed E-state index contributed by atoms with van der Waals surface area (Å²) >= 11 is 6.21. The van der Waals surface area contributed by atoms with Gasteiger partial charge in [0.15, 0.2) is 0 Å². The zero-order valence-corrected chi connectivity index (χ0v) is 15.1. The Balaban J connectivity index is 1.45. The summed E-state index contributed by atoms with van der Waals surface area (Å²) in [4.78, 5) is 17.6. The molecule has 1 N–H and O–H groups in total. The number of para-hydroxylation sites is 1. The van der Waals surface area contributed by atoms with Gasteiger partial charge in [0.1, 0.15) is 0 Å². The number of halogens is 4. The Morgan fingerprint density at radius 2 is 1.85 bits per heavy atom. The third kappa shape index (κ3) is 4.94. The van der Waals surface area contributed by atoms with Gasteiger partial charge in [0.2, 0.25) is 0 Å². The molecule has 2 saturated heterocycles. The van der Waals surface area contributed by atoms with Crippen LogP contribution in [0.1, 0.15) is 6.42 Å². The van der Waals surface area contributed by atoms with Crippen molar-refractivity contribution in [2.45, 2.75) is 18.6 Å². The van der Waals surface area contributed by atoms with E-state index in [0.717, 1.165) is 5.69 Å². The second-order valence-electron chi connectivity index (χ2n) is 6.71. The molecule has 0 bridgehead atoms. The van der Waals surface area contributed by atoms with Crippen LogP contribution in [-0.4, -0.2) is 73.9 Å². The van der Waals surface area contributed by atoms with Gasteiger partial charge in [0.05, 0.1) is 17.3 Å². The second-order valence-corrected chi connectivity index (χ2v) is 7.12. The maximum atomic E-state index is 12.4. The highest BCUT2D eigenvalue weighted by Gasteiger charge is 2.35. The van der Waals surface area contributed by atoms with Crippen molar-refractivity contribution in [1.82, 2.24) is 15.1 Å². The standard InChI is InChI=1S/C17H22ClF3N4O/c18-14-3-1-2-4-15(14)24-7-9-25(10-8-24)16(26)22-13-5-6-23(11-13)12-17(19,20)21/h1-4,13H,5-12H2,(H,22,26). The minimum absolute atomic E-state index is 0.206. The van der Waals surface area contributed by atoms with E-state index in [4.69, 9.17) is 11.6 Å². The maximum Gasteiger partial charge on any atom is 0.401 e. The van der Waals surface area contributed by atoms with Crippen LogP contribution in [0.2, 0.25) is 5.02 Å². The Labute approximate surface area is 155 Å². The summed E-state index contributed by atoms with van der Waals surface area (Å²) in [6.07, 6.45) is -3.66.